The molecule has 1 N–H and O–H groups in total. The molecule has 0 rings (SSSR count). The van der Waals surface area contributed by atoms with Crippen molar-refractivity contribution in [3.8, 4) is 12.3 Å². The molecule has 0 aliphatic rings. The van der Waals surface area contributed by atoms with E-state index in [1.807, 2.05) is 25.7 Å². The predicted molar refractivity (Wildman–Crippen MR) is 141 cm³/mol. The van der Waals surface area contributed by atoms with Crippen molar-refractivity contribution in [2.75, 3.05) is 72.5 Å². The molecule has 0 aromatic rings. The molecular weight excluding hydrogens is 464 g/mol. The zero-order chi connectivity index (χ0) is 26.9. The molecule has 0 radical (unpaired) electrons. The lowest BCUT2D eigenvalue weighted by Crippen LogP contribution is -2.35. The van der Waals surface area contributed by atoms with Crippen LogP contribution in [-0.4, -0.2) is 95.0 Å². The molecule has 0 bridgehead atoms. The first-order valence-corrected chi connectivity index (χ1v) is 13.3. The number of ether oxygens (including phenoxy) is 5. The van der Waals surface area contributed by atoms with Crippen molar-refractivity contribution in [2.45, 2.75) is 78.2 Å². The van der Waals surface area contributed by atoms with Crippen molar-refractivity contribution in [2.24, 2.45) is 0 Å². The molecule has 0 aromatic heterocycles. The van der Waals surface area contributed by atoms with Gasteiger partial charge < -0.3 is 33.9 Å². The Kier molecular flexibility index (Phi) is 22.3. The Morgan fingerprint density at radius 1 is 0.806 bits per heavy atom. The third-order valence-electron chi connectivity index (χ3n) is 4.92. The maximum absolute atomic E-state index is 12.7. The van der Waals surface area contributed by atoms with E-state index < -0.39 is 11.7 Å². The average Bonchev–Trinajstić information content (AvgIpc) is 2.81. The Hall–Kier alpha value is -1.86. The maximum Gasteiger partial charge on any atom is 0.407 e. The predicted octanol–water partition coefficient (Wildman–Crippen LogP) is 3.79. The van der Waals surface area contributed by atoms with Gasteiger partial charge in [0, 0.05) is 19.6 Å². The highest BCUT2D eigenvalue weighted by atomic mass is 16.6. The standard InChI is InChI=1S/C27H50N2O7/c1-6-8-9-11-15-29(16-12-10-14-28-26(31)36-27(3,4)5)25(30)13-18-33-20-22-35-24-23-34-21-19-32-17-7-2/h2H,6,8-24H2,1,3-5H3,(H,28,31). The number of amides is 2. The Balaban J connectivity index is 3.98. The van der Waals surface area contributed by atoms with E-state index in [1.165, 1.54) is 6.42 Å². The van der Waals surface area contributed by atoms with Crippen LogP contribution < -0.4 is 5.32 Å². The lowest BCUT2D eigenvalue weighted by Gasteiger charge is -2.23. The van der Waals surface area contributed by atoms with Gasteiger partial charge in [0.2, 0.25) is 5.91 Å². The minimum absolute atomic E-state index is 0.105. The van der Waals surface area contributed by atoms with Crippen LogP contribution in [0.3, 0.4) is 0 Å². The summed E-state index contributed by atoms with van der Waals surface area (Å²) in [5.41, 5.74) is -0.507. The normalized spacial score (nSPS) is 11.2. The molecular formula is C27H50N2O7. The molecule has 0 atom stereocenters. The lowest BCUT2D eigenvalue weighted by molar-refractivity contribution is -0.132. The number of unbranched alkanes of at least 4 members (excludes halogenated alkanes) is 4. The van der Waals surface area contributed by atoms with Gasteiger partial charge in [0.15, 0.2) is 0 Å². The van der Waals surface area contributed by atoms with E-state index in [4.69, 9.17) is 30.1 Å². The number of alkyl carbamates (subject to hydrolysis) is 1. The van der Waals surface area contributed by atoms with Gasteiger partial charge >= 0.3 is 6.09 Å². The molecule has 0 unspecified atom stereocenters. The smallest absolute Gasteiger partial charge is 0.407 e. The van der Waals surface area contributed by atoms with Crippen LogP contribution in [0.25, 0.3) is 0 Å². The van der Waals surface area contributed by atoms with Crippen molar-refractivity contribution in [3.05, 3.63) is 0 Å². The zero-order valence-electron chi connectivity index (χ0n) is 23.1. The number of hydrogen-bond acceptors (Lipinski definition) is 7. The van der Waals surface area contributed by atoms with Gasteiger partial charge in [-0.15, -0.1) is 6.42 Å². The molecule has 0 spiro atoms. The lowest BCUT2D eigenvalue weighted by atomic mass is 10.2. The van der Waals surface area contributed by atoms with Crippen LogP contribution in [0.1, 0.15) is 72.6 Å². The Bertz CT molecular complexity index is 588. The summed E-state index contributed by atoms with van der Waals surface area (Å²) in [6.45, 7) is 13.1. The number of carbonyl (C=O) groups excluding carboxylic acids is 2. The molecule has 9 heteroatoms. The molecule has 0 heterocycles. The molecule has 0 saturated carbocycles. The summed E-state index contributed by atoms with van der Waals surface area (Å²) >= 11 is 0. The minimum Gasteiger partial charge on any atom is -0.444 e. The van der Waals surface area contributed by atoms with Crippen molar-refractivity contribution >= 4 is 12.0 Å². The molecule has 0 aromatic carbocycles. The van der Waals surface area contributed by atoms with Gasteiger partial charge in [0.25, 0.3) is 0 Å². The van der Waals surface area contributed by atoms with Gasteiger partial charge in [-0.3, -0.25) is 4.79 Å². The van der Waals surface area contributed by atoms with E-state index >= 15 is 0 Å². The van der Waals surface area contributed by atoms with Gasteiger partial charge in [-0.1, -0.05) is 32.1 Å². The van der Waals surface area contributed by atoms with Crippen LogP contribution in [0.15, 0.2) is 0 Å². The van der Waals surface area contributed by atoms with Crippen LogP contribution in [0.4, 0.5) is 4.79 Å². The number of carbonyl (C=O) groups is 2. The molecule has 2 amide bonds. The van der Waals surface area contributed by atoms with E-state index in [0.717, 1.165) is 38.6 Å². The largest absolute Gasteiger partial charge is 0.444 e. The molecule has 0 fully saturated rings. The summed E-state index contributed by atoms with van der Waals surface area (Å²) < 4.78 is 26.7. The fraction of sp³-hybridized carbons (Fsp3) is 0.852. The monoisotopic (exact) mass is 514 g/mol. The number of nitrogens with one attached hydrogen (secondary N) is 1. The maximum atomic E-state index is 12.7. The highest BCUT2D eigenvalue weighted by Gasteiger charge is 2.16. The van der Waals surface area contributed by atoms with Gasteiger partial charge in [-0.05, 0) is 40.0 Å². The summed E-state index contributed by atoms with van der Waals surface area (Å²) in [6, 6.07) is 0. The van der Waals surface area contributed by atoms with Crippen LogP contribution in [-0.2, 0) is 28.5 Å². The SMILES string of the molecule is C#CCOCCOCCOCCOCCC(=O)N(CCCCCC)CCCCNC(=O)OC(C)(C)C. The van der Waals surface area contributed by atoms with E-state index in [0.29, 0.717) is 72.4 Å². The second kappa shape index (κ2) is 23.5. The van der Waals surface area contributed by atoms with Gasteiger partial charge in [0.05, 0.1) is 52.7 Å². The summed E-state index contributed by atoms with van der Waals surface area (Å²) in [7, 11) is 0. The van der Waals surface area contributed by atoms with Crippen LogP contribution in [0.2, 0.25) is 0 Å². The molecule has 9 nitrogen and oxygen atoms in total. The number of hydrogen-bond donors (Lipinski definition) is 1. The Morgan fingerprint density at radius 2 is 1.36 bits per heavy atom. The first-order chi connectivity index (χ1) is 17.3. The second-order valence-corrected chi connectivity index (χ2v) is 9.42. The van der Waals surface area contributed by atoms with Crippen LogP contribution >= 0.6 is 0 Å². The Labute approximate surface area is 218 Å². The molecule has 0 aliphatic heterocycles. The van der Waals surface area contributed by atoms with E-state index in [-0.39, 0.29) is 5.91 Å². The number of rotatable bonds is 23. The summed E-state index contributed by atoms with van der Waals surface area (Å²) in [5, 5.41) is 2.77. The summed E-state index contributed by atoms with van der Waals surface area (Å²) in [4.78, 5) is 26.4. The van der Waals surface area contributed by atoms with Crippen molar-refractivity contribution < 1.29 is 33.3 Å². The fourth-order valence-electron chi connectivity index (χ4n) is 3.13. The average molecular weight is 515 g/mol. The molecule has 0 aliphatic carbocycles. The topological polar surface area (TPSA) is 95.6 Å². The highest BCUT2D eigenvalue weighted by molar-refractivity contribution is 5.76. The zero-order valence-corrected chi connectivity index (χ0v) is 23.1. The molecule has 36 heavy (non-hydrogen) atoms. The number of terminal acetylenes is 1. The summed E-state index contributed by atoms with van der Waals surface area (Å²) in [5.74, 6) is 2.50. The van der Waals surface area contributed by atoms with Crippen LogP contribution in [0.5, 0.6) is 0 Å². The van der Waals surface area contributed by atoms with Crippen molar-refractivity contribution in [1.82, 2.24) is 10.2 Å². The highest BCUT2D eigenvalue weighted by Crippen LogP contribution is 2.07. The third-order valence-corrected chi connectivity index (χ3v) is 4.92. The second-order valence-electron chi connectivity index (χ2n) is 9.42. The summed E-state index contributed by atoms with van der Waals surface area (Å²) in [6.07, 6.45) is 11.1. The third kappa shape index (κ3) is 23.9. The van der Waals surface area contributed by atoms with Gasteiger partial charge in [-0.25, -0.2) is 4.79 Å². The van der Waals surface area contributed by atoms with Gasteiger partial charge in [0.1, 0.15) is 12.2 Å². The van der Waals surface area contributed by atoms with Crippen molar-refractivity contribution in [1.29, 1.82) is 0 Å². The minimum atomic E-state index is -0.507. The van der Waals surface area contributed by atoms with E-state index in [2.05, 4.69) is 18.2 Å². The first-order valence-electron chi connectivity index (χ1n) is 13.3. The molecule has 0 saturated heterocycles. The first kappa shape index (κ1) is 34.1. The van der Waals surface area contributed by atoms with E-state index in [9.17, 15) is 9.59 Å². The van der Waals surface area contributed by atoms with Gasteiger partial charge in [-0.2, -0.15) is 0 Å². The van der Waals surface area contributed by atoms with Crippen LogP contribution in [0, 0.1) is 12.3 Å². The van der Waals surface area contributed by atoms with Crippen molar-refractivity contribution in [3.63, 3.8) is 0 Å². The quantitative estimate of drug-likeness (QED) is 0.164. The number of nitrogens with zero attached hydrogens (tertiary/aromatic N) is 1. The Morgan fingerprint density at radius 3 is 1.92 bits per heavy atom. The van der Waals surface area contributed by atoms with E-state index in [1.54, 1.807) is 0 Å². The fourth-order valence-corrected chi connectivity index (χ4v) is 3.13. The molecule has 210 valence electrons.